The van der Waals surface area contributed by atoms with Crippen molar-refractivity contribution in [2.45, 2.75) is 45.2 Å². The minimum absolute atomic E-state index is 0.0897. The Morgan fingerprint density at radius 2 is 1.84 bits per heavy atom. The third-order valence-corrected chi connectivity index (χ3v) is 6.83. The number of rotatable bonds is 4. The number of fused-ring (bicyclic) bond motifs is 1. The highest BCUT2D eigenvalue weighted by molar-refractivity contribution is 6.32. The van der Waals surface area contributed by atoms with E-state index in [1.807, 2.05) is 42.0 Å². The van der Waals surface area contributed by atoms with Gasteiger partial charge in [-0.25, -0.2) is 4.98 Å². The average Bonchev–Trinajstić information content (AvgIpc) is 3.46. The molecule has 3 aromatic rings. The van der Waals surface area contributed by atoms with Crippen LogP contribution < -0.4 is 0 Å². The van der Waals surface area contributed by atoms with Crippen molar-refractivity contribution < 1.29 is 4.79 Å². The second kappa shape index (κ2) is 8.39. The van der Waals surface area contributed by atoms with Gasteiger partial charge in [-0.2, -0.15) is 0 Å². The molecule has 0 bridgehead atoms. The molecule has 1 amide bonds. The van der Waals surface area contributed by atoms with E-state index >= 15 is 0 Å². The lowest BCUT2D eigenvalue weighted by molar-refractivity contribution is 0.0776. The van der Waals surface area contributed by atoms with E-state index in [-0.39, 0.29) is 11.1 Å². The molecule has 31 heavy (non-hydrogen) atoms. The number of nitrogens with zero attached hydrogens (tertiary/aromatic N) is 4. The summed E-state index contributed by atoms with van der Waals surface area (Å²) in [5, 5.41) is 2.51. The summed E-state index contributed by atoms with van der Waals surface area (Å²) in [4.78, 5) is 22.2. The second-order valence-electron chi connectivity index (χ2n) is 8.32. The van der Waals surface area contributed by atoms with Crippen molar-refractivity contribution in [3.63, 3.8) is 0 Å². The molecule has 0 saturated heterocycles. The third kappa shape index (κ3) is 3.61. The molecule has 1 aromatic heterocycles. The smallest absolute Gasteiger partial charge is 0.277 e. The summed E-state index contributed by atoms with van der Waals surface area (Å²) in [5.41, 5.74) is 1.45. The van der Waals surface area contributed by atoms with Crippen molar-refractivity contribution >= 4 is 28.3 Å². The van der Waals surface area contributed by atoms with Crippen LogP contribution in [0, 0.1) is 0 Å². The van der Waals surface area contributed by atoms with Gasteiger partial charge < -0.3 is 14.4 Å². The van der Waals surface area contributed by atoms with Crippen LogP contribution in [0.1, 0.15) is 43.1 Å². The number of halogens is 1. The van der Waals surface area contributed by atoms with Gasteiger partial charge in [0.1, 0.15) is 11.5 Å². The van der Waals surface area contributed by atoms with E-state index in [9.17, 15) is 4.79 Å². The number of aromatic nitrogens is 2. The Morgan fingerprint density at radius 3 is 2.58 bits per heavy atom. The van der Waals surface area contributed by atoms with E-state index in [4.69, 9.17) is 11.6 Å². The SMILES string of the molecule is CCn1c(-c2cccc3ccccc23)nc(Cl)c1C(=O)N1C=CN(C2CCCC2)CC1. The van der Waals surface area contributed by atoms with Gasteiger partial charge in [0.2, 0.25) is 0 Å². The van der Waals surface area contributed by atoms with Crippen molar-refractivity contribution in [1.29, 1.82) is 0 Å². The van der Waals surface area contributed by atoms with E-state index in [1.54, 1.807) is 4.90 Å². The van der Waals surface area contributed by atoms with Gasteiger partial charge >= 0.3 is 0 Å². The van der Waals surface area contributed by atoms with E-state index < -0.39 is 0 Å². The quantitative estimate of drug-likeness (QED) is 0.540. The van der Waals surface area contributed by atoms with Crippen LogP contribution in [0.4, 0.5) is 0 Å². The highest BCUT2D eigenvalue weighted by Crippen LogP contribution is 2.32. The Morgan fingerprint density at radius 1 is 1.06 bits per heavy atom. The van der Waals surface area contributed by atoms with Crippen LogP contribution in [0.2, 0.25) is 5.15 Å². The zero-order valence-corrected chi connectivity index (χ0v) is 18.6. The van der Waals surface area contributed by atoms with Gasteiger partial charge in [-0.15, -0.1) is 0 Å². The molecule has 1 saturated carbocycles. The van der Waals surface area contributed by atoms with Gasteiger partial charge in [-0.3, -0.25) is 4.79 Å². The zero-order chi connectivity index (χ0) is 21.4. The third-order valence-electron chi connectivity index (χ3n) is 6.57. The van der Waals surface area contributed by atoms with Crippen LogP contribution in [0.3, 0.4) is 0 Å². The molecule has 1 fully saturated rings. The molecule has 1 aliphatic heterocycles. The number of imidazole rings is 1. The van der Waals surface area contributed by atoms with Crippen molar-refractivity contribution in [3.05, 3.63) is 65.7 Å². The molecule has 2 heterocycles. The van der Waals surface area contributed by atoms with Crippen LogP contribution in [-0.2, 0) is 6.54 Å². The lowest BCUT2D eigenvalue weighted by Crippen LogP contribution is -2.42. The Kier molecular flexibility index (Phi) is 5.45. The highest BCUT2D eigenvalue weighted by Gasteiger charge is 2.29. The maximum absolute atomic E-state index is 13.4. The largest absolute Gasteiger partial charge is 0.371 e. The molecular formula is C25H27ClN4O. The van der Waals surface area contributed by atoms with E-state index in [1.165, 1.54) is 25.7 Å². The monoisotopic (exact) mass is 434 g/mol. The average molecular weight is 435 g/mol. The first-order valence-electron chi connectivity index (χ1n) is 11.2. The molecule has 0 spiro atoms. The molecule has 0 N–H and O–H groups in total. The summed E-state index contributed by atoms with van der Waals surface area (Å²) in [5.74, 6) is 0.648. The molecule has 0 radical (unpaired) electrons. The number of benzene rings is 2. The summed E-state index contributed by atoms with van der Waals surface area (Å²) in [6.07, 6.45) is 9.09. The van der Waals surface area contributed by atoms with Gasteiger partial charge in [-0.1, -0.05) is 66.9 Å². The predicted octanol–water partition coefficient (Wildman–Crippen LogP) is 5.55. The number of hydrogen-bond acceptors (Lipinski definition) is 3. The van der Waals surface area contributed by atoms with Crippen molar-refractivity contribution in [2.75, 3.05) is 13.1 Å². The molecule has 0 atom stereocenters. The van der Waals surface area contributed by atoms with Gasteiger partial charge in [0.15, 0.2) is 5.15 Å². The number of carbonyl (C=O) groups excluding carboxylic acids is 1. The lowest BCUT2D eigenvalue weighted by atomic mass is 10.0. The Labute approximate surface area is 187 Å². The van der Waals surface area contributed by atoms with Gasteiger partial charge in [0.25, 0.3) is 5.91 Å². The fourth-order valence-electron chi connectivity index (χ4n) is 4.94. The Balaban J connectivity index is 1.48. The Hall–Kier alpha value is -2.79. The molecular weight excluding hydrogens is 408 g/mol. The normalized spacial score (nSPS) is 17.1. The maximum Gasteiger partial charge on any atom is 0.277 e. The lowest BCUT2D eigenvalue weighted by Gasteiger charge is -2.34. The topological polar surface area (TPSA) is 41.4 Å². The van der Waals surface area contributed by atoms with Crippen molar-refractivity contribution in [3.8, 4) is 11.4 Å². The number of carbonyl (C=O) groups is 1. The summed E-state index contributed by atoms with van der Waals surface area (Å²) < 4.78 is 1.95. The Bertz CT molecular complexity index is 1140. The number of hydrogen-bond donors (Lipinski definition) is 0. The van der Waals surface area contributed by atoms with Crippen LogP contribution in [0.5, 0.6) is 0 Å². The van der Waals surface area contributed by atoms with Crippen molar-refractivity contribution in [1.82, 2.24) is 19.4 Å². The number of amides is 1. The van der Waals surface area contributed by atoms with Crippen LogP contribution >= 0.6 is 11.6 Å². The summed E-state index contributed by atoms with van der Waals surface area (Å²) in [6, 6.07) is 15.0. The van der Waals surface area contributed by atoms with E-state index in [0.717, 1.165) is 28.7 Å². The molecule has 2 aromatic carbocycles. The van der Waals surface area contributed by atoms with Crippen molar-refractivity contribution in [2.24, 2.45) is 0 Å². The zero-order valence-electron chi connectivity index (χ0n) is 17.8. The first-order chi connectivity index (χ1) is 15.2. The van der Waals surface area contributed by atoms with E-state index in [2.05, 4.69) is 34.3 Å². The molecule has 5 rings (SSSR count). The maximum atomic E-state index is 13.4. The summed E-state index contributed by atoms with van der Waals surface area (Å²) in [6.45, 7) is 4.17. The van der Waals surface area contributed by atoms with Gasteiger partial charge in [0, 0.05) is 43.6 Å². The predicted molar refractivity (Wildman–Crippen MR) is 125 cm³/mol. The summed E-state index contributed by atoms with van der Waals surface area (Å²) in [7, 11) is 0. The second-order valence-corrected chi connectivity index (χ2v) is 8.68. The van der Waals surface area contributed by atoms with Crippen LogP contribution in [0.25, 0.3) is 22.2 Å². The standard InChI is InChI=1S/C25H27ClN4O/c1-2-30-22(25(31)29-16-14-28(15-17-29)19-10-4-5-11-19)23(26)27-24(30)21-13-7-9-18-8-3-6-12-20(18)21/h3,6-9,12-14,16,19H,2,4-5,10-11,15,17H2,1H3. The highest BCUT2D eigenvalue weighted by atomic mass is 35.5. The minimum Gasteiger partial charge on any atom is -0.371 e. The summed E-state index contributed by atoms with van der Waals surface area (Å²) >= 11 is 6.56. The van der Waals surface area contributed by atoms with Crippen LogP contribution in [0.15, 0.2) is 54.9 Å². The molecule has 2 aliphatic rings. The van der Waals surface area contributed by atoms with Crippen LogP contribution in [-0.4, -0.2) is 44.4 Å². The molecule has 6 heteroatoms. The first kappa shape index (κ1) is 20.1. The molecule has 160 valence electrons. The minimum atomic E-state index is -0.0897. The fourth-order valence-corrected chi connectivity index (χ4v) is 5.21. The molecule has 0 unspecified atom stereocenters. The van der Waals surface area contributed by atoms with Gasteiger partial charge in [-0.05, 0) is 30.5 Å². The molecule has 1 aliphatic carbocycles. The fraction of sp³-hybridized carbons (Fsp3) is 0.360. The van der Waals surface area contributed by atoms with E-state index in [0.29, 0.717) is 24.8 Å². The molecule has 5 nitrogen and oxygen atoms in total. The first-order valence-corrected chi connectivity index (χ1v) is 11.5. The van der Waals surface area contributed by atoms with Gasteiger partial charge in [0.05, 0.1) is 0 Å².